The fourth-order valence-corrected chi connectivity index (χ4v) is 2.86. The van der Waals surface area contributed by atoms with Crippen molar-refractivity contribution in [2.75, 3.05) is 19.6 Å². The monoisotopic (exact) mass is 266 g/mol. The Morgan fingerprint density at radius 2 is 1.89 bits per heavy atom. The molecule has 0 spiro atoms. The summed E-state index contributed by atoms with van der Waals surface area (Å²) in [5.41, 5.74) is 1.36. The quantitative estimate of drug-likeness (QED) is 0.898. The molecule has 2 nitrogen and oxygen atoms in total. The fraction of sp³-hybridized carbons (Fsp3) is 0.600. The SMILES string of the molecule is CCNC1CCN(C(C)c2ccc(Cl)cc2)CC1. The van der Waals surface area contributed by atoms with Gasteiger partial charge in [0, 0.05) is 30.2 Å². The molecule has 0 aromatic heterocycles. The molecular weight excluding hydrogens is 244 g/mol. The molecular formula is C15H23ClN2. The Kier molecular flexibility index (Phi) is 5.04. The van der Waals surface area contributed by atoms with Crippen molar-refractivity contribution in [3.63, 3.8) is 0 Å². The zero-order chi connectivity index (χ0) is 13.0. The van der Waals surface area contributed by atoms with Gasteiger partial charge in [-0.1, -0.05) is 30.7 Å². The van der Waals surface area contributed by atoms with E-state index in [2.05, 4.69) is 36.2 Å². The summed E-state index contributed by atoms with van der Waals surface area (Å²) in [4.78, 5) is 2.57. The highest BCUT2D eigenvalue weighted by Gasteiger charge is 2.22. The first kappa shape index (κ1) is 13.9. The second-order valence-electron chi connectivity index (χ2n) is 5.10. The molecule has 1 heterocycles. The van der Waals surface area contributed by atoms with Crippen LogP contribution in [0.3, 0.4) is 0 Å². The van der Waals surface area contributed by atoms with Gasteiger partial charge in [-0.3, -0.25) is 4.90 Å². The third kappa shape index (κ3) is 3.47. The maximum atomic E-state index is 5.93. The topological polar surface area (TPSA) is 15.3 Å². The predicted molar refractivity (Wildman–Crippen MR) is 78.1 cm³/mol. The molecule has 100 valence electrons. The zero-order valence-electron chi connectivity index (χ0n) is 11.3. The van der Waals surface area contributed by atoms with Crippen LogP contribution in [0.4, 0.5) is 0 Å². The van der Waals surface area contributed by atoms with E-state index in [9.17, 15) is 0 Å². The van der Waals surface area contributed by atoms with E-state index in [-0.39, 0.29) is 0 Å². The van der Waals surface area contributed by atoms with Crippen molar-refractivity contribution in [2.45, 2.75) is 38.8 Å². The second kappa shape index (κ2) is 6.55. The standard InChI is InChI=1S/C15H23ClN2/c1-3-17-15-8-10-18(11-9-15)12(2)13-4-6-14(16)7-5-13/h4-7,12,15,17H,3,8-11H2,1-2H3. The van der Waals surface area contributed by atoms with Crippen molar-refractivity contribution in [1.29, 1.82) is 0 Å². The van der Waals surface area contributed by atoms with Crippen LogP contribution in [0.15, 0.2) is 24.3 Å². The predicted octanol–water partition coefficient (Wildman–Crippen LogP) is 3.47. The lowest BCUT2D eigenvalue weighted by Gasteiger charge is -2.36. The number of rotatable bonds is 4. The summed E-state index contributed by atoms with van der Waals surface area (Å²) in [6.07, 6.45) is 2.51. The van der Waals surface area contributed by atoms with Crippen molar-refractivity contribution in [3.05, 3.63) is 34.9 Å². The summed E-state index contributed by atoms with van der Waals surface area (Å²) in [5.74, 6) is 0. The lowest BCUT2D eigenvalue weighted by Crippen LogP contribution is -2.43. The van der Waals surface area contributed by atoms with Gasteiger partial charge in [0.15, 0.2) is 0 Å². The Labute approximate surface area is 115 Å². The maximum Gasteiger partial charge on any atom is 0.0406 e. The van der Waals surface area contributed by atoms with Gasteiger partial charge in [-0.15, -0.1) is 0 Å². The van der Waals surface area contributed by atoms with Gasteiger partial charge in [0.1, 0.15) is 0 Å². The van der Waals surface area contributed by atoms with E-state index < -0.39 is 0 Å². The number of piperidine rings is 1. The van der Waals surface area contributed by atoms with Crippen molar-refractivity contribution >= 4 is 11.6 Å². The van der Waals surface area contributed by atoms with Gasteiger partial charge in [-0.2, -0.15) is 0 Å². The highest BCUT2D eigenvalue weighted by atomic mass is 35.5. The molecule has 1 unspecified atom stereocenters. The summed E-state index contributed by atoms with van der Waals surface area (Å²) >= 11 is 5.93. The third-order valence-electron chi connectivity index (χ3n) is 3.92. The average molecular weight is 267 g/mol. The van der Waals surface area contributed by atoms with E-state index in [0.29, 0.717) is 12.1 Å². The van der Waals surface area contributed by atoms with E-state index in [1.54, 1.807) is 0 Å². The summed E-state index contributed by atoms with van der Waals surface area (Å²) in [6, 6.07) is 9.46. The Hall–Kier alpha value is -0.570. The van der Waals surface area contributed by atoms with Gasteiger partial charge in [-0.25, -0.2) is 0 Å². The highest BCUT2D eigenvalue weighted by molar-refractivity contribution is 6.30. The largest absolute Gasteiger partial charge is 0.314 e. The average Bonchev–Trinajstić information content (AvgIpc) is 2.40. The molecule has 1 saturated heterocycles. The molecule has 0 bridgehead atoms. The zero-order valence-corrected chi connectivity index (χ0v) is 12.1. The van der Waals surface area contributed by atoms with Crippen LogP contribution in [0.1, 0.15) is 38.3 Å². The molecule has 2 rings (SSSR count). The second-order valence-corrected chi connectivity index (χ2v) is 5.53. The van der Waals surface area contributed by atoms with Gasteiger partial charge >= 0.3 is 0 Å². The first-order valence-corrected chi connectivity index (χ1v) is 7.31. The molecule has 1 aliphatic rings. The fourth-order valence-electron chi connectivity index (χ4n) is 2.73. The summed E-state index contributed by atoms with van der Waals surface area (Å²) in [5, 5.41) is 4.36. The lowest BCUT2D eigenvalue weighted by atomic mass is 10.0. The number of hydrogen-bond acceptors (Lipinski definition) is 2. The number of nitrogens with one attached hydrogen (secondary N) is 1. The minimum absolute atomic E-state index is 0.491. The van der Waals surface area contributed by atoms with Crippen LogP contribution in [-0.4, -0.2) is 30.6 Å². The smallest absolute Gasteiger partial charge is 0.0406 e. The first-order chi connectivity index (χ1) is 8.70. The highest BCUT2D eigenvalue weighted by Crippen LogP contribution is 2.25. The van der Waals surface area contributed by atoms with Gasteiger partial charge in [0.2, 0.25) is 0 Å². The summed E-state index contributed by atoms with van der Waals surface area (Å²) < 4.78 is 0. The third-order valence-corrected chi connectivity index (χ3v) is 4.17. The summed E-state index contributed by atoms with van der Waals surface area (Å²) in [7, 11) is 0. The molecule has 1 aromatic rings. The molecule has 1 aromatic carbocycles. The minimum Gasteiger partial charge on any atom is -0.314 e. The Balaban J connectivity index is 1.91. The van der Waals surface area contributed by atoms with Gasteiger partial charge in [-0.05, 0) is 44.0 Å². The van der Waals surface area contributed by atoms with E-state index in [1.807, 2.05) is 12.1 Å². The van der Waals surface area contributed by atoms with Crippen LogP contribution in [0.2, 0.25) is 5.02 Å². The first-order valence-electron chi connectivity index (χ1n) is 6.93. The molecule has 0 saturated carbocycles. The lowest BCUT2D eigenvalue weighted by molar-refractivity contribution is 0.153. The number of benzene rings is 1. The molecule has 1 aliphatic heterocycles. The van der Waals surface area contributed by atoms with Crippen LogP contribution < -0.4 is 5.32 Å². The maximum absolute atomic E-state index is 5.93. The molecule has 1 fully saturated rings. The summed E-state index contributed by atoms with van der Waals surface area (Å²) in [6.45, 7) is 7.92. The molecule has 1 atom stereocenters. The number of hydrogen-bond donors (Lipinski definition) is 1. The number of halogens is 1. The van der Waals surface area contributed by atoms with E-state index in [1.165, 1.54) is 31.5 Å². The molecule has 0 radical (unpaired) electrons. The van der Waals surface area contributed by atoms with Crippen molar-refractivity contribution < 1.29 is 0 Å². The van der Waals surface area contributed by atoms with Crippen LogP contribution in [0, 0.1) is 0 Å². The number of nitrogens with zero attached hydrogens (tertiary/aromatic N) is 1. The molecule has 18 heavy (non-hydrogen) atoms. The van der Waals surface area contributed by atoms with Crippen LogP contribution in [0.5, 0.6) is 0 Å². The molecule has 0 aliphatic carbocycles. The van der Waals surface area contributed by atoms with Crippen molar-refractivity contribution in [3.8, 4) is 0 Å². The molecule has 1 N–H and O–H groups in total. The van der Waals surface area contributed by atoms with Crippen LogP contribution >= 0.6 is 11.6 Å². The van der Waals surface area contributed by atoms with E-state index in [4.69, 9.17) is 11.6 Å². The van der Waals surface area contributed by atoms with Crippen molar-refractivity contribution in [2.24, 2.45) is 0 Å². The Morgan fingerprint density at radius 3 is 2.44 bits per heavy atom. The van der Waals surface area contributed by atoms with Crippen LogP contribution in [0.25, 0.3) is 0 Å². The van der Waals surface area contributed by atoms with E-state index >= 15 is 0 Å². The Bertz CT molecular complexity index is 355. The normalized spacial score (nSPS) is 19.9. The van der Waals surface area contributed by atoms with Crippen LogP contribution in [-0.2, 0) is 0 Å². The van der Waals surface area contributed by atoms with Gasteiger partial charge in [0.05, 0.1) is 0 Å². The van der Waals surface area contributed by atoms with Crippen molar-refractivity contribution in [1.82, 2.24) is 10.2 Å². The number of likely N-dealkylation sites (tertiary alicyclic amines) is 1. The minimum atomic E-state index is 0.491. The van der Waals surface area contributed by atoms with Gasteiger partial charge < -0.3 is 5.32 Å². The molecule has 3 heteroatoms. The Morgan fingerprint density at radius 1 is 1.28 bits per heavy atom. The van der Waals surface area contributed by atoms with Gasteiger partial charge in [0.25, 0.3) is 0 Å². The molecule has 0 amide bonds. The van der Waals surface area contributed by atoms with E-state index in [0.717, 1.165) is 11.6 Å².